The Bertz CT molecular complexity index is 674. The van der Waals surface area contributed by atoms with Crippen LogP contribution >= 0.6 is 23.1 Å². The molecule has 1 aromatic heterocycles. The van der Waals surface area contributed by atoms with Gasteiger partial charge in [-0.15, -0.1) is 23.1 Å². The summed E-state index contributed by atoms with van der Waals surface area (Å²) in [6.07, 6.45) is 0.922. The molecule has 3 rings (SSSR count). The van der Waals surface area contributed by atoms with Gasteiger partial charge in [-0.25, -0.2) is 0 Å². The predicted octanol–water partition coefficient (Wildman–Crippen LogP) is 4.74. The summed E-state index contributed by atoms with van der Waals surface area (Å²) in [5, 5.41) is 2.20. The molecule has 0 bridgehead atoms. The summed E-state index contributed by atoms with van der Waals surface area (Å²) in [5.74, 6) is 1.66. The maximum absolute atomic E-state index is 12.3. The van der Waals surface area contributed by atoms with Crippen LogP contribution in [-0.4, -0.2) is 28.7 Å². The van der Waals surface area contributed by atoms with E-state index in [0.717, 1.165) is 18.7 Å². The number of ether oxygens (including phenoxy) is 1. The van der Waals surface area contributed by atoms with Crippen molar-refractivity contribution in [3.63, 3.8) is 0 Å². The van der Waals surface area contributed by atoms with Crippen LogP contribution in [0.25, 0.3) is 0 Å². The van der Waals surface area contributed by atoms with Crippen molar-refractivity contribution in [2.45, 2.75) is 38.2 Å². The molecule has 5 heteroatoms. The second-order valence-corrected chi connectivity index (χ2v) is 8.96. The average Bonchev–Trinajstić information content (AvgIpc) is 3.14. The first-order valence-electron chi connectivity index (χ1n) is 8.15. The molecule has 3 nitrogen and oxygen atoms in total. The van der Waals surface area contributed by atoms with E-state index in [0.29, 0.717) is 5.75 Å². The number of carbonyl (C=O) groups is 1. The van der Waals surface area contributed by atoms with Crippen molar-refractivity contribution in [2.24, 2.45) is 0 Å². The highest BCUT2D eigenvalue weighted by molar-refractivity contribution is 8.00. The molecule has 0 saturated carbocycles. The zero-order valence-corrected chi connectivity index (χ0v) is 16.0. The smallest absolute Gasteiger partial charge is 0.233 e. The normalized spacial score (nSPS) is 18.2. The van der Waals surface area contributed by atoms with Crippen LogP contribution in [0, 0.1) is 0 Å². The molecule has 1 unspecified atom stereocenters. The Labute approximate surface area is 152 Å². The van der Waals surface area contributed by atoms with Gasteiger partial charge in [-0.3, -0.25) is 4.79 Å². The zero-order valence-electron chi connectivity index (χ0n) is 14.3. The van der Waals surface area contributed by atoms with E-state index in [4.69, 9.17) is 4.74 Å². The lowest BCUT2D eigenvalue weighted by molar-refractivity contribution is -0.128. The molecule has 24 heavy (non-hydrogen) atoms. The Morgan fingerprint density at radius 3 is 2.58 bits per heavy atom. The third-order valence-electron chi connectivity index (χ3n) is 3.74. The van der Waals surface area contributed by atoms with Gasteiger partial charge >= 0.3 is 0 Å². The Morgan fingerprint density at radius 1 is 1.21 bits per heavy atom. The van der Waals surface area contributed by atoms with Gasteiger partial charge in [0.2, 0.25) is 5.91 Å². The quantitative estimate of drug-likeness (QED) is 0.770. The fourth-order valence-electron chi connectivity index (χ4n) is 2.71. The molecule has 2 heterocycles. The molecule has 1 amide bonds. The summed E-state index contributed by atoms with van der Waals surface area (Å²) in [6.45, 7) is 6.90. The van der Waals surface area contributed by atoms with Crippen LogP contribution in [0.5, 0.6) is 5.75 Å². The molecule has 1 fully saturated rings. The minimum absolute atomic E-state index is 0.112. The van der Waals surface area contributed by atoms with Gasteiger partial charge in [0, 0.05) is 11.4 Å². The number of hydrogen-bond acceptors (Lipinski definition) is 4. The van der Waals surface area contributed by atoms with Crippen LogP contribution in [0.15, 0.2) is 41.8 Å². The van der Waals surface area contributed by atoms with Crippen molar-refractivity contribution >= 4 is 29.0 Å². The van der Waals surface area contributed by atoms with Crippen LogP contribution in [0.3, 0.4) is 0 Å². The molecule has 1 aromatic carbocycles. The Morgan fingerprint density at radius 2 is 1.96 bits per heavy atom. The van der Waals surface area contributed by atoms with Gasteiger partial charge in [0.15, 0.2) is 0 Å². The van der Waals surface area contributed by atoms with E-state index in [2.05, 4.69) is 29.6 Å². The second kappa shape index (κ2) is 7.19. The van der Waals surface area contributed by atoms with Gasteiger partial charge in [-0.05, 0) is 56.3 Å². The van der Waals surface area contributed by atoms with Crippen molar-refractivity contribution in [2.75, 3.05) is 12.3 Å². The molecular weight excluding hydrogens is 338 g/mol. The standard InChI is InChI=1S/C19H23NO2S2/c1-19(2,3)22-15-8-6-14(7-9-15)18-20(17(21)13-24-18)11-10-16-5-4-12-23-16/h4-9,12,18H,10-11,13H2,1-3H3. The van der Waals surface area contributed by atoms with Gasteiger partial charge < -0.3 is 9.64 Å². The van der Waals surface area contributed by atoms with Crippen molar-refractivity contribution in [1.82, 2.24) is 4.90 Å². The molecule has 1 saturated heterocycles. The number of benzene rings is 1. The minimum atomic E-state index is -0.202. The average molecular weight is 362 g/mol. The van der Waals surface area contributed by atoms with Crippen molar-refractivity contribution in [3.05, 3.63) is 52.2 Å². The van der Waals surface area contributed by atoms with Crippen LogP contribution in [-0.2, 0) is 11.2 Å². The molecule has 0 N–H and O–H groups in total. The summed E-state index contributed by atoms with van der Waals surface area (Å²) < 4.78 is 5.88. The van der Waals surface area contributed by atoms with E-state index in [1.807, 2.05) is 37.8 Å². The first kappa shape index (κ1) is 17.4. The summed E-state index contributed by atoms with van der Waals surface area (Å²) in [4.78, 5) is 15.6. The lowest BCUT2D eigenvalue weighted by Gasteiger charge is -2.25. The fraction of sp³-hybridized carbons (Fsp3) is 0.421. The molecule has 1 atom stereocenters. The van der Waals surface area contributed by atoms with E-state index in [1.54, 1.807) is 23.1 Å². The van der Waals surface area contributed by atoms with Crippen LogP contribution in [0.1, 0.15) is 36.6 Å². The van der Waals surface area contributed by atoms with Gasteiger partial charge in [0.25, 0.3) is 0 Å². The van der Waals surface area contributed by atoms with E-state index in [9.17, 15) is 4.79 Å². The lowest BCUT2D eigenvalue weighted by atomic mass is 10.1. The highest BCUT2D eigenvalue weighted by Gasteiger charge is 2.32. The molecule has 1 aliphatic rings. The summed E-state index contributed by atoms with van der Waals surface area (Å²) in [7, 11) is 0. The highest BCUT2D eigenvalue weighted by Crippen LogP contribution is 2.39. The zero-order chi connectivity index (χ0) is 17.2. The number of thioether (sulfide) groups is 1. The first-order chi connectivity index (χ1) is 11.4. The Balaban J connectivity index is 1.68. The second-order valence-electron chi connectivity index (χ2n) is 6.86. The third-order valence-corrected chi connectivity index (χ3v) is 5.93. The number of rotatable bonds is 5. The first-order valence-corrected chi connectivity index (χ1v) is 10.1. The van der Waals surface area contributed by atoms with Gasteiger partial charge in [-0.2, -0.15) is 0 Å². The fourth-order valence-corrected chi connectivity index (χ4v) is 4.63. The molecule has 1 aliphatic heterocycles. The van der Waals surface area contributed by atoms with E-state index >= 15 is 0 Å². The molecular formula is C19H23NO2S2. The number of thiophene rings is 1. The van der Waals surface area contributed by atoms with Crippen LogP contribution in [0.2, 0.25) is 0 Å². The Hall–Kier alpha value is -1.46. The van der Waals surface area contributed by atoms with E-state index in [-0.39, 0.29) is 16.9 Å². The van der Waals surface area contributed by atoms with Crippen LogP contribution < -0.4 is 4.74 Å². The number of hydrogen-bond donors (Lipinski definition) is 0. The van der Waals surface area contributed by atoms with Crippen LogP contribution in [0.4, 0.5) is 0 Å². The minimum Gasteiger partial charge on any atom is -0.488 e. The van der Waals surface area contributed by atoms with Gasteiger partial charge in [0.05, 0.1) is 5.75 Å². The number of amides is 1. The molecule has 0 radical (unpaired) electrons. The van der Waals surface area contributed by atoms with Crippen molar-refractivity contribution in [1.29, 1.82) is 0 Å². The lowest BCUT2D eigenvalue weighted by Crippen LogP contribution is -2.30. The molecule has 0 spiro atoms. The maximum Gasteiger partial charge on any atom is 0.233 e. The molecule has 0 aliphatic carbocycles. The van der Waals surface area contributed by atoms with E-state index in [1.165, 1.54) is 10.4 Å². The van der Waals surface area contributed by atoms with Gasteiger partial charge in [-0.1, -0.05) is 18.2 Å². The monoisotopic (exact) mass is 361 g/mol. The van der Waals surface area contributed by atoms with Crippen molar-refractivity contribution < 1.29 is 9.53 Å². The maximum atomic E-state index is 12.3. The van der Waals surface area contributed by atoms with Crippen molar-refractivity contribution in [3.8, 4) is 5.75 Å². The summed E-state index contributed by atoms with van der Waals surface area (Å²) in [5.41, 5.74) is 0.963. The molecule has 2 aromatic rings. The highest BCUT2D eigenvalue weighted by atomic mass is 32.2. The Kier molecular flexibility index (Phi) is 5.21. The largest absolute Gasteiger partial charge is 0.488 e. The summed E-state index contributed by atoms with van der Waals surface area (Å²) in [6, 6.07) is 12.4. The predicted molar refractivity (Wildman–Crippen MR) is 102 cm³/mol. The topological polar surface area (TPSA) is 29.5 Å². The number of carbonyl (C=O) groups excluding carboxylic acids is 1. The third kappa shape index (κ3) is 4.33. The van der Waals surface area contributed by atoms with Gasteiger partial charge in [0.1, 0.15) is 16.7 Å². The number of nitrogens with zero attached hydrogens (tertiary/aromatic N) is 1. The SMILES string of the molecule is CC(C)(C)Oc1ccc(C2SCC(=O)N2CCc2cccs2)cc1. The van der Waals surface area contributed by atoms with E-state index < -0.39 is 0 Å². The summed E-state index contributed by atoms with van der Waals surface area (Å²) >= 11 is 3.46. The molecule has 128 valence electrons.